The highest BCUT2D eigenvalue weighted by atomic mass is 16.5. The number of ether oxygens (including phenoxy) is 2. The van der Waals surface area contributed by atoms with Crippen molar-refractivity contribution in [3.63, 3.8) is 0 Å². The first-order valence-corrected chi connectivity index (χ1v) is 5.52. The van der Waals surface area contributed by atoms with E-state index in [0.717, 1.165) is 12.8 Å². The molecular formula is C10H17N5O2. The molecular weight excluding hydrogens is 222 g/mol. The van der Waals surface area contributed by atoms with Gasteiger partial charge in [0.05, 0.1) is 13.2 Å². The fraction of sp³-hybridized carbons (Fsp3) is 0.700. The first-order chi connectivity index (χ1) is 8.25. The lowest BCUT2D eigenvalue weighted by molar-refractivity contribution is 0.0327. The highest BCUT2D eigenvalue weighted by Gasteiger charge is 2.29. The molecule has 0 amide bonds. The molecule has 94 valence electrons. The maximum Gasteiger partial charge on any atom is 0.322 e. The lowest BCUT2D eigenvalue weighted by Crippen LogP contribution is -2.40. The number of rotatable bonds is 5. The lowest BCUT2D eigenvalue weighted by Gasteiger charge is -2.34. The van der Waals surface area contributed by atoms with Crippen molar-refractivity contribution in [1.29, 1.82) is 0 Å². The smallest absolute Gasteiger partial charge is 0.322 e. The predicted molar refractivity (Wildman–Crippen MR) is 63.4 cm³/mol. The van der Waals surface area contributed by atoms with Crippen molar-refractivity contribution in [3.05, 3.63) is 0 Å². The monoisotopic (exact) mass is 239 g/mol. The molecule has 1 aliphatic carbocycles. The van der Waals surface area contributed by atoms with E-state index in [1.165, 1.54) is 7.11 Å². The Hall–Kier alpha value is -1.63. The number of aromatic nitrogens is 3. The van der Waals surface area contributed by atoms with E-state index in [9.17, 15) is 0 Å². The largest absolute Gasteiger partial charge is 0.467 e. The zero-order valence-corrected chi connectivity index (χ0v) is 10.2. The second-order valence-electron chi connectivity index (χ2n) is 3.89. The third-order valence-electron chi connectivity index (χ3n) is 2.78. The molecule has 7 heteroatoms. The lowest BCUT2D eigenvalue weighted by atomic mass is 9.89. The number of hydrogen-bond acceptors (Lipinski definition) is 7. The van der Waals surface area contributed by atoms with Gasteiger partial charge < -0.3 is 20.1 Å². The van der Waals surface area contributed by atoms with Crippen LogP contribution < -0.4 is 15.4 Å². The molecule has 0 bridgehead atoms. The molecule has 0 radical (unpaired) electrons. The molecule has 2 rings (SSSR count). The summed E-state index contributed by atoms with van der Waals surface area (Å²) in [7, 11) is 5.01. The summed E-state index contributed by atoms with van der Waals surface area (Å²) in [5.41, 5.74) is 0. The molecule has 0 aliphatic heterocycles. The molecule has 0 saturated heterocycles. The summed E-state index contributed by atoms with van der Waals surface area (Å²) >= 11 is 0. The Morgan fingerprint density at radius 1 is 1.12 bits per heavy atom. The molecule has 0 unspecified atom stereocenters. The van der Waals surface area contributed by atoms with Crippen LogP contribution in [0.1, 0.15) is 12.8 Å². The molecule has 0 atom stereocenters. The van der Waals surface area contributed by atoms with Crippen LogP contribution in [0.25, 0.3) is 0 Å². The van der Waals surface area contributed by atoms with E-state index in [-0.39, 0.29) is 0 Å². The SMILES string of the molecule is CNc1nc(NC2CC(OC)C2)nc(OC)n1. The van der Waals surface area contributed by atoms with E-state index in [0.29, 0.717) is 30.1 Å². The molecule has 0 aromatic carbocycles. The molecule has 1 fully saturated rings. The van der Waals surface area contributed by atoms with Crippen LogP contribution in [0.15, 0.2) is 0 Å². The van der Waals surface area contributed by atoms with E-state index >= 15 is 0 Å². The topological polar surface area (TPSA) is 81.2 Å². The first kappa shape index (κ1) is 11.8. The Morgan fingerprint density at radius 3 is 2.41 bits per heavy atom. The molecule has 7 nitrogen and oxygen atoms in total. The van der Waals surface area contributed by atoms with Crippen molar-refractivity contribution in [2.75, 3.05) is 31.9 Å². The summed E-state index contributed by atoms with van der Waals surface area (Å²) in [5.74, 6) is 1.02. The third-order valence-corrected chi connectivity index (χ3v) is 2.78. The van der Waals surface area contributed by atoms with E-state index in [1.807, 2.05) is 0 Å². The van der Waals surface area contributed by atoms with Gasteiger partial charge in [-0.2, -0.15) is 15.0 Å². The van der Waals surface area contributed by atoms with Crippen molar-refractivity contribution in [2.24, 2.45) is 0 Å². The van der Waals surface area contributed by atoms with Crippen LogP contribution in [0.4, 0.5) is 11.9 Å². The molecule has 1 aromatic heterocycles. The Bertz CT molecular complexity index is 359. The summed E-state index contributed by atoms with van der Waals surface area (Å²) < 4.78 is 10.2. The Labute approximate surface area is 100.0 Å². The maximum absolute atomic E-state index is 5.21. The highest BCUT2D eigenvalue weighted by Crippen LogP contribution is 2.25. The number of nitrogens with zero attached hydrogens (tertiary/aromatic N) is 3. The van der Waals surface area contributed by atoms with Crippen molar-refractivity contribution >= 4 is 11.9 Å². The Kier molecular flexibility index (Phi) is 3.58. The van der Waals surface area contributed by atoms with Gasteiger partial charge in [0, 0.05) is 20.2 Å². The van der Waals surface area contributed by atoms with Gasteiger partial charge >= 0.3 is 6.01 Å². The predicted octanol–water partition coefficient (Wildman–Crippen LogP) is 0.511. The van der Waals surface area contributed by atoms with Gasteiger partial charge in [-0.05, 0) is 12.8 Å². The fourth-order valence-electron chi connectivity index (χ4n) is 1.68. The van der Waals surface area contributed by atoms with Gasteiger partial charge in [0.2, 0.25) is 11.9 Å². The maximum atomic E-state index is 5.21. The average Bonchev–Trinajstić information content (AvgIpc) is 2.32. The quantitative estimate of drug-likeness (QED) is 0.774. The first-order valence-electron chi connectivity index (χ1n) is 5.52. The molecule has 0 spiro atoms. The average molecular weight is 239 g/mol. The molecule has 1 saturated carbocycles. The number of anilines is 2. The Morgan fingerprint density at radius 2 is 1.82 bits per heavy atom. The van der Waals surface area contributed by atoms with Crippen LogP contribution in [0, 0.1) is 0 Å². The number of hydrogen-bond donors (Lipinski definition) is 2. The second-order valence-corrected chi connectivity index (χ2v) is 3.89. The summed E-state index contributed by atoms with van der Waals surface area (Å²) in [6.45, 7) is 0. The summed E-state index contributed by atoms with van der Waals surface area (Å²) in [6, 6.07) is 0.659. The van der Waals surface area contributed by atoms with Gasteiger partial charge in [-0.3, -0.25) is 0 Å². The molecule has 1 heterocycles. The molecule has 1 aliphatic rings. The minimum absolute atomic E-state index is 0.300. The standard InChI is InChI=1S/C10H17N5O2/c1-11-8-13-9(15-10(14-8)17-3)12-6-4-7(5-6)16-2/h6-7H,4-5H2,1-3H3,(H2,11,12,13,14,15). The minimum atomic E-state index is 0.300. The van der Waals surface area contributed by atoms with Gasteiger partial charge in [0.1, 0.15) is 0 Å². The van der Waals surface area contributed by atoms with E-state index < -0.39 is 0 Å². The van der Waals surface area contributed by atoms with Crippen LogP contribution in [-0.2, 0) is 4.74 Å². The fourth-order valence-corrected chi connectivity index (χ4v) is 1.68. The normalized spacial score (nSPS) is 22.8. The van der Waals surface area contributed by atoms with Crippen LogP contribution in [0.2, 0.25) is 0 Å². The summed E-state index contributed by atoms with van der Waals surface area (Å²) in [4.78, 5) is 12.4. The second kappa shape index (κ2) is 5.13. The van der Waals surface area contributed by atoms with E-state index in [4.69, 9.17) is 9.47 Å². The number of methoxy groups -OCH3 is 2. The zero-order chi connectivity index (χ0) is 12.3. The summed E-state index contributed by atoms with van der Waals surface area (Å²) in [6.07, 6.45) is 2.29. The van der Waals surface area contributed by atoms with Crippen molar-refractivity contribution in [2.45, 2.75) is 25.0 Å². The van der Waals surface area contributed by atoms with Gasteiger partial charge in [0.25, 0.3) is 0 Å². The van der Waals surface area contributed by atoms with Gasteiger partial charge in [0.15, 0.2) is 0 Å². The molecule has 17 heavy (non-hydrogen) atoms. The Balaban J connectivity index is 2.00. The van der Waals surface area contributed by atoms with Gasteiger partial charge in [-0.15, -0.1) is 0 Å². The highest BCUT2D eigenvalue weighted by molar-refractivity contribution is 5.36. The minimum Gasteiger partial charge on any atom is -0.467 e. The third kappa shape index (κ3) is 2.73. The molecule has 2 N–H and O–H groups in total. The van der Waals surface area contributed by atoms with E-state index in [2.05, 4.69) is 25.6 Å². The van der Waals surface area contributed by atoms with Crippen LogP contribution >= 0.6 is 0 Å². The van der Waals surface area contributed by atoms with Crippen molar-refractivity contribution in [1.82, 2.24) is 15.0 Å². The molecule has 1 aromatic rings. The van der Waals surface area contributed by atoms with Gasteiger partial charge in [-0.1, -0.05) is 0 Å². The van der Waals surface area contributed by atoms with Crippen LogP contribution in [0.5, 0.6) is 6.01 Å². The summed E-state index contributed by atoms with van der Waals surface area (Å²) in [5, 5.41) is 6.09. The van der Waals surface area contributed by atoms with Crippen molar-refractivity contribution < 1.29 is 9.47 Å². The van der Waals surface area contributed by atoms with Gasteiger partial charge in [-0.25, -0.2) is 0 Å². The van der Waals surface area contributed by atoms with E-state index in [1.54, 1.807) is 14.2 Å². The van der Waals surface area contributed by atoms with Crippen LogP contribution in [0.3, 0.4) is 0 Å². The zero-order valence-electron chi connectivity index (χ0n) is 10.2. The van der Waals surface area contributed by atoms with Crippen molar-refractivity contribution in [3.8, 4) is 6.01 Å². The van der Waals surface area contributed by atoms with Crippen LogP contribution in [-0.4, -0.2) is 48.4 Å². The number of nitrogens with one attached hydrogen (secondary N) is 2.